The molecule has 1 atom stereocenters. The van der Waals surface area contributed by atoms with Gasteiger partial charge in [-0.1, -0.05) is 20.3 Å². The minimum atomic E-state index is 0.224. The van der Waals surface area contributed by atoms with E-state index in [-0.39, 0.29) is 5.25 Å². The lowest BCUT2D eigenvalue weighted by Crippen LogP contribution is -2.08. The summed E-state index contributed by atoms with van der Waals surface area (Å²) in [6, 6.07) is 0. The number of rotatable bonds is 9. The Balaban J connectivity index is 3.31. The second kappa shape index (κ2) is 10.5. The number of hydrogen-bond donors (Lipinski definition) is 0. The molecule has 0 amide bonds. The van der Waals surface area contributed by atoms with Gasteiger partial charge in [-0.15, -0.1) is 0 Å². The highest BCUT2D eigenvalue weighted by Gasteiger charge is 2.06. The van der Waals surface area contributed by atoms with Crippen molar-refractivity contribution < 1.29 is 4.79 Å². The summed E-state index contributed by atoms with van der Waals surface area (Å²) in [4.78, 5) is 10.6. The number of carbonyl (C=O) groups is 1. The van der Waals surface area contributed by atoms with Gasteiger partial charge in [0.15, 0.2) is 0 Å². The molecule has 0 N–H and O–H groups in total. The number of unbranched alkanes of at least 4 members (excludes halogenated alkanes) is 1. The van der Waals surface area contributed by atoms with Gasteiger partial charge in [0.05, 0.1) is 5.25 Å². The lowest BCUT2D eigenvalue weighted by Gasteiger charge is -2.08. The van der Waals surface area contributed by atoms with Crippen molar-refractivity contribution >= 4 is 29.8 Å². The average molecular weight is 220 g/mol. The molecule has 0 radical (unpaired) electrons. The number of aldehydes is 1. The Morgan fingerprint density at radius 2 is 2.00 bits per heavy atom. The van der Waals surface area contributed by atoms with Crippen molar-refractivity contribution in [2.24, 2.45) is 0 Å². The molecule has 0 fully saturated rings. The Hall–Kier alpha value is 0.370. The minimum absolute atomic E-state index is 0.224. The maximum Gasteiger partial charge on any atom is 0.133 e. The second-order valence-corrected chi connectivity index (χ2v) is 5.47. The van der Waals surface area contributed by atoms with Crippen LogP contribution in [0.2, 0.25) is 0 Å². The van der Waals surface area contributed by atoms with E-state index in [0.29, 0.717) is 0 Å². The van der Waals surface area contributed by atoms with Crippen LogP contribution < -0.4 is 0 Å². The smallest absolute Gasteiger partial charge is 0.133 e. The number of carbonyl (C=O) groups excluding carboxylic acids is 1. The fourth-order valence-corrected chi connectivity index (χ4v) is 3.10. The highest BCUT2D eigenvalue weighted by Crippen LogP contribution is 2.16. The van der Waals surface area contributed by atoms with Gasteiger partial charge in [-0.25, -0.2) is 0 Å². The Labute approximate surface area is 90.4 Å². The third-order valence-corrected chi connectivity index (χ3v) is 4.35. The first-order chi connectivity index (χ1) is 6.35. The molecule has 78 valence electrons. The molecule has 0 rings (SSSR count). The molecule has 0 aliphatic carbocycles. The summed E-state index contributed by atoms with van der Waals surface area (Å²) >= 11 is 3.70. The summed E-state index contributed by atoms with van der Waals surface area (Å²) in [5.74, 6) is 3.30. The van der Waals surface area contributed by atoms with E-state index >= 15 is 0 Å². The van der Waals surface area contributed by atoms with Gasteiger partial charge >= 0.3 is 0 Å². The van der Waals surface area contributed by atoms with E-state index in [1.54, 1.807) is 11.8 Å². The number of thioether (sulfide) groups is 2. The zero-order chi connectivity index (χ0) is 9.94. The molecule has 0 heterocycles. The maximum atomic E-state index is 10.6. The quantitative estimate of drug-likeness (QED) is 0.439. The van der Waals surface area contributed by atoms with E-state index in [0.717, 1.165) is 24.2 Å². The monoisotopic (exact) mass is 220 g/mol. The summed E-state index contributed by atoms with van der Waals surface area (Å²) in [6.45, 7) is 4.35. The topological polar surface area (TPSA) is 17.1 Å². The van der Waals surface area contributed by atoms with Crippen molar-refractivity contribution in [1.29, 1.82) is 0 Å². The first-order valence-electron chi connectivity index (χ1n) is 4.99. The van der Waals surface area contributed by atoms with Crippen LogP contribution in [0.25, 0.3) is 0 Å². The van der Waals surface area contributed by atoms with Crippen molar-refractivity contribution in [3.8, 4) is 0 Å². The molecule has 1 nitrogen and oxygen atoms in total. The van der Waals surface area contributed by atoms with E-state index in [2.05, 4.69) is 13.8 Å². The van der Waals surface area contributed by atoms with E-state index in [4.69, 9.17) is 0 Å². The predicted molar refractivity (Wildman–Crippen MR) is 64.8 cm³/mol. The van der Waals surface area contributed by atoms with Crippen LogP contribution in [0.3, 0.4) is 0 Å². The maximum absolute atomic E-state index is 10.6. The van der Waals surface area contributed by atoms with Crippen LogP contribution in [0.1, 0.15) is 33.1 Å². The van der Waals surface area contributed by atoms with Gasteiger partial charge < -0.3 is 4.79 Å². The van der Waals surface area contributed by atoms with Crippen LogP contribution in [-0.2, 0) is 4.79 Å². The summed E-state index contributed by atoms with van der Waals surface area (Å²) in [5, 5.41) is 0.224. The molecule has 0 saturated carbocycles. The van der Waals surface area contributed by atoms with Crippen molar-refractivity contribution in [3.05, 3.63) is 0 Å². The zero-order valence-corrected chi connectivity index (χ0v) is 10.3. The van der Waals surface area contributed by atoms with Gasteiger partial charge in [-0.05, 0) is 24.3 Å². The minimum Gasteiger partial charge on any atom is -0.302 e. The molecule has 0 aliphatic rings. The van der Waals surface area contributed by atoms with E-state index in [1.165, 1.54) is 18.6 Å². The normalized spacial score (nSPS) is 12.8. The molecular weight excluding hydrogens is 200 g/mol. The van der Waals surface area contributed by atoms with Crippen LogP contribution in [0.15, 0.2) is 0 Å². The van der Waals surface area contributed by atoms with Crippen molar-refractivity contribution in [3.63, 3.8) is 0 Å². The van der Waals surface area contributed by atoms with Crippen LogP contribution in [0, 0.1) is 0 Å². The summed E-state index contributed by atoms with van der Waals surface area (Å²) in [7, 11) is 0. The Morgan fingerprint density at radius 1 is 1.23 bits per heavy atom. The lowest BCUT2D eigenvalue weighted by atomic mass is 10.4. The van der Waals surface area contributed by atoms with Gasteiger partial charge in [-0.2, -0.15) is 23.5 Å². The molecule has 13 heavy (non-hydrogen) atoms. The van der Waals surface area contributed by atoms with E-state index in [9.17, 15) is 4.79 Å². The van der Waals surface area contributed by atoms with Crippen LogP contribution in [0.5, 0.6) is 0 Å². The summed E-state index contributed by atoms with van der Waals surface area (Å²) < 4.78 is 0. The van der Waals surface area contributed by atoms with Crippen molar-refractivity contribution in [1.82, 2.24) is 0 Å². The average Bonchev–Trinajstić information content (AvgIpc) is 2.17. The first kappa shape index (κ1) is 13.4. The zero-order valence-electron chi connectivity index (χ0n) is 8.62. The van der Waals surface area contributed by atoms with Gasteiger partial charge in [0.1, 0.15) is 6.29 Å². The van der Waals surface area contributed by atoms with Gasteiger partial charge in [0.2, 0.25) is 0 Å². The highest BCUT2D eigenvalue weighted by atomic mass is 32.2. The Morgan fingerprint density at radius 3 is 2.54 bits per heavy atom. The summed E-state index contributed by atoms with van der Waals surface area (Å²) in [5.41, 5.74) is 0. The predicted octanol–water partition coefficient (Wildman–Crippen LogP) is 3.23. The van der Waals surface area contributed by atoms with Gasteiger partial charge in [-0.3, -0.25) is 0 Å². The molecule has 0 bridgehead atoms. The van der Waals surface area contributed by atoms with E-state index < -0.39 is 0 Å². The van der Waals surface area contributed by atoms with Gasteiger partial charge in [0.25, 0.3) is 0 Å². The Kier molecular flexibility index (Phi) is 10.7. The number of hydrogen-bond acceptors (Lipinski definition) is 3. The third kappa shape index (κ3) is 8.69. The van der Waals surface area contributed by atoms with Crippen LogP contribution >= 0.6 is 23.5 Å². The third-order valence-electron chi connectivity index (χ3n) is 1.61. The fraction of sp³-hybridized carbons (Fsp3) is 0.900. The molecule has 0 saturated heterocycles. The molecule has 0 aromatic rings. The molecule has 0 aromatic carbocycles. The lowest BCUT2D eigenvalue weighted by molar-refractivity contribution is -0.107. The summed E-state index contributed by atoms with van der Waals surface area (Å²) in [6.07, 6.45) is 4.78. The molecule has 0 spiro atoms. The largest absolute Gasteiger partial charge is 0.302 e. The first-order valence-corrected chi connectivity index (χ1v) is 7.20. The standard InChI is InChI=1S/C10H20OS2/c1-3-5-7-12-9-10(8-11)13-6-4-2/h8,10H,3-7,9H2,1-2H3. The Bertz CT molecular complexity index is 117. The second-order valence-electron chi connectivity index (χ2n) is 2.97. The molecule has 1 unspecified atom stereocenters. The molecule has 0 aromatic heterocycles. The van der Waals surface area contributed by atoms with Gasteiger partial charge in [0, 0.05) is 5.75 Å². The van der Waals surface area contributed by atoms with Crippen molar-refractivity contribution in [2.75, 3.05) is 17.3 Å². The fourth-order valence-electron chi connectivity index (χ4n) is 0.842. The molecule has 3 heteroatoms. The highest BCUT2D eigenvalue weighted by molar-refractivity contribution is 8.03. The molecular formula is C10H20OS2. The molecule has 0 aliphatic heterocycles. The van der Waals surface area contributed by atoms with E-state index in [1.807, 2.05) is 11.8 Å². The van der Waals surface area contributed by atoms with Crippen LogP contribution in [0.4, 0.5) is 0 Å². The van der Waals surface area contributed by atoms with Crippen LogP contribution in [-0.4, -0.2) is 28.8 Å². The van der Waals surface area contributed by atoms with Crippen molar-refractivity contribution in [2.45, 2.75) is 38.4 Å². The SMILES string of the molecule is CCCCSCC(C=O)SCCC.